The van der Waals surface area contributed by atoms with Gasteiger partial charge in [0.05, 0.1) is 28.4 Å². The molecule has 1 saturated heterocycles. The molecule has 1 fully saturated rings. The van der Waals surface area contributed by atoms with E-state index in [1.807, 2.05) is 32.9 Å². The summed E-state index contributed by atoms with van der Waals surface area (Å²) in [6, 6.07) is 12.6. The van der Waals surface area contributed by atoms with Crippen molar-refractivity contribution < 1.29 is 40.7 Å². The zero-order valence-corrected chi connectivity index (χ0v) is 26.2. The van der Waals surface area contributed by atoms with Crippen molar-refractivity contribution in [2.24, 2.45) is 4.99 Å². The van der Waals surface area contributed by atoms with Gasteiger partial charge >= 0.3 is 18.6 Å². The highest BCUT2D eigenvalue weighted by atomic mass is 32.2. The number of anilines is 2. The first kappa shape index (κ1) is 34.2. The lowest BCUT2D eigenvalue weighted by Crippen LogP contribution is -2.31. The number of benzene rings is 3. The second-order valence-electron chi connectivity index (χ2n) is 10.8. The molecule has 1 aromatic heterocycles. The van der Waals surface area contributed by atoms with E-state index in [1.165, 1.54) is 46.3 Å². The number of rotatable bonds is 7. The van der Waals surface area contributed by atoms with Crippen molar-refractivity contribution in [3.63, 3.8) is 0 Å². The van der Waals surface area contributed by atoms with E-state index in [0.29, 0.717) is 11.4 Å². The molecule has 1 aliphatic heterocycles. The molecule has 0 aliphatic carbocycles. The number of alkyl halides is 6. The van der Waals surface area contributed by atoms with Crippen LogP contribution in [0.3, 0.4) is 0 Å². The van der Waals surface area contributed by atoms with E-state index in [1.54, 1.807) is 6.07 Å². The molecule has 9 nitrogen and oxygen atoms in total. The fourth-order valence-corrected chi connectivity index (χ4v) is 5.56. The molecule has 1 aliphatic rings. The molecule has 0 bridgehead atoms. The maximum Gasteiger partial charge on any atom is 0.573 e. The van der Waals surface area contributed by atoms with Crippen LogP contribution in [0.4, 0.5) is 42.5 Å². The van der Waals surface area contributed by atoms with Crippen LogP contribution in [0.5, 0.6) is 5.75 Å². The lowest BCUT2D eigenvalue weighted by atomic mass is 9.99. The molecule has 4 aromatic rings. The maximum absolute atomic E-state index is 14.1. The number of carbonyl (C=O) groups is 2. The van der Waals surface area contributed by atoms with Gasteiger partial charge in [0, 0.05) is 0 Å². The van der Waals surface area contributed by atoms with Crippen LogP contribution in [0, 0.1) is 6.92 Å². The third kappa shape index (κ3) is 8.23. The SMILES string of the molecule is Cc1ccc(C(C)C)c(N2C(=O)CSC2=NC(=O)Nc2ccc(C=Cc3ncn(-c4ccc(OC(F)(F)F)cc4)n3)cc2C(F)(F)F)c1. The fourth-order valence-electron chi connectivity index (χ4n) is 4.70. The Kier molecular flexibility index (Phi) is 9.66. The molecule has 16 heteroatoms. The van der Waals surface area contributed by atoms with E-state index in [4.69, 9.17) is 0 Å². The monoisotopic (exact) mass is 688 g/mol. The van der Waals surface area contributed by atoms with Crippen molar-refractivity contribution >= 4 is 52.4 Å². The second kappa shape index (κ2) is 13.5. The highest BCUT2D eigenvalue weighted by molar-refractivity contribution is 8.15. The Morgan fingerprint density at radius 3 is 2.42 bits per heavy atom. The number of hydrogen-bond donors (Lipinski definition) is 1. The molecule has 2 heterocycles. The highest BCUT2D eigenvalue weighted by Crippen LogP contribution is 2.37. The van der Waals surface area contributed by atoms with E-state index in [9.17, 15) is 35.9 Å². The van der Waals surface area contributed by atoms with Crippen LogP contribution in [-0.2, 0) is 11.0 Å². The van der Waals surface area contributed by atoms with Crippen LogP contribution in [0.25, 0.3) is 17.8 Å². The number of thioether (sulfide) groups is 1. The van der Waals surface area contributed by atoms with Crippen molar-refractivity contribution in [1.82, 2.24) is 14.8 Å². The van der Waals surface area contributed by atoms with Gasteiger partial charge in [0.25, 0.3) is 0 Å². The number of urea groups is 1. The normalized spacial score (nSPS) is 14.8. The maximum atomic E-state index is 14.1. The number of carbonyl (C=O) groups excluding carboxylic acids is 2. The zero-order chi connectivity index (χ0) is 34.8. The van der Waals surface area contributed by atoms with Crippen molar-refractivity contribution in [3.05, 3.63) is 95.1 Å². The Bertz CT molecular complexity index is 1900. The van der Waals surface area contributed by atoms with Gasteiger partial charge in [-0.1, -0.05) is 49.9 Å². The molecule has 0 saturated carbocycles. The fraction of sp³-hybridized carbons (Fsp3) is 0.219. The predicted molar refractivity (Wildman–Crippen MR) is 170 cm³/mol. The Balaban J connectivity index is 1.33. The van der Waals surface area contributed by atoms with Crippen LogP contribution in [-0.4, -0.2) is 44.0 Å². The van der Waals surface area contributed by atoms with E-state index in [0.717, 1.165) is 47.2 Å². The van der Waals surface area contributed by atoms with Crippen molar-refractivity contribution in [1.29, 1.82) is 0 Å². The van der Waals surface area contributed by atoms with Gasteiger partial charge in [-0.25, -0.2) is 14.5 Å². The minimum Gasteiger partial charge on any atom is -0.406 e. The average molecular weight is 689 g/mol. The summed E-state index contributed by atoms with van der Waals surface area (Å²) >= 11 is 1.01. The lowest BCUT2D eigenvalue weighted by molar-refractivity contribution is -0.274. The summed E-state index contributed by atoms with van der Waals surface area (Å²) in [5.74, 6) is -0.558. The number of nitrogens with one attached hydrogen (secondary N) is 1. The first-order valence-corrected chi connectivity index (χ1v) is 15.2. The number of aromatic nitrogens is 3. The van der Waals surface area contributed by atoms with Crippen molar-refractivity contribution in [2.45, 2.75) is 39.2 Å². The summed E-state index contributed by atoms with van der Waals surface area (Å²) in [5.41, 5.74) is 1.10. The Morgan fingerprint density at radius 2 is 1.75 bits per heavy atom. The van der Waals surface area contributed by atoms with Crippen molar-refractivity contribution in [2.75, 3.05) is 16.0 Å². The minimum absolute atomic E-state index is 0.0166. The number of halogens is 6. The van der Waals surface area contributed by atoms with E-state index in [2.05, 4.69) is 25.1 Å². The Morgan fingerprint density at radius 1 is 1.02 bits per heavy atom. The molecule has 48 heavy (non-hydrogen) atoms. The quantitative estimate of drug-likeness (QED) is 0.196. The van der Waals surface area contributed by atoms with E-state index >= 15 is 0 Å². The van der Waals surface area contributed by atoms with Crippen LogP contribution in [0.15, 0.2) is 72.0 Å². The smallest absolute Gasteiger partial charge is 0.406 e. The second-order valence-corrected chi connectivity index (χ2v) is 11.7. The van der Waals surface area contributed by atoms with Crippen molar-refractivity contribution in [3.8, 4) is 11.4 Å². The van der Waals surface area contributed by atoms with E-state index < -0.39 is 35.6 Å². The molecule has 0 radical (unpaired) electrons. The molecule has 1 N–H and O–H groups in total. The summed E-state index contributed by atoms with van der Waals surface area (Å²) in [6.45, 7) is 5.76. The van der Waals surface area contributed by atoms with E-state index in [-0.39, 0.29) is 34.1 Å². The molecule has 0 atom stereocenters. The number of hydrogen-bond acceptors (Lipinski definition) is 6. The number of ether oxygens (including phenoxy) is 1. The van der Waals surface area contributed by atoms with Crippen LogP contribution in [0.2, 0.25) is 0 Å². The number of aliphatic imine (C=N–C) groups is 1. The molecule has 250 valence electrons. The predicted octanol–water partition coefficient (Wildman–Crippen LogP) is 8.45. The molecular formula is C32H26F6N6O3S. The molecule has 0 spiro atoms. The standard InChI is InChI=1S/C32H26F6N6O3S/c1-18(2)23-11-4-19(3)14-26(23)44-28(45)16-48-30(44)41-29(46)40-25-12-5-20(15-24(25)31(33,34)35)6-13-27-39-17-43(42-27)21-7-9-22(10-8-21)47-32(36,37)38/h4-15,17-18H,16H2,1-3H3,(H,40,46). The highest BCUT2D eigenvalue weighted by Gasteiger charge is 2.35. The van der Waals surface area contributed by atoms with Gasteiger partial charge in [-0.2, -0.15) is 18.2 Å². The van der Waals surface area contributed by atoms with Gasteiger partial charge in [0.1, 0.15) is 12.1 Å². The summed E-state index contributed by atoms with van der Waals surface area (Å²) in [5, 5.41) is 6.41. The number of aryl methyl sites for hydroxylation is 1. The summed E-state index contributed by atoms with van der Waals surface area (Å²) in [7, 11) is 0. The first-order chi connectivity index (χ1) is 22.6. The molecule has 5 rings (SSSR count). The summed E-state index contributed by atoms with van der Waals surface area (Å²) in [4.78, 5) is 35.0. The number of amides is 3. The topological polar surface area (TPSA) is 102 Å². The molecule has 0 unspecified atom stereocenters. The Labute approximate surface area is 274 Å². The van der Waals surface area contributed by atoms with Gasteiger partial charge in [0.2, 0.25) is 5.91 Å². The van der Waals surface area contributed by atoms with Gasteiger partial charge in [-0.3, -0.25) is 9.69 Å². The third-order valence-corrected chi connectivity index (χ3v) is 7.79. The number of nitrogens with zero attached hydrogens (tertiary/aromatic N) is 5. The van der Waals surface area contributed by atoms with Crippen LogP contribution >= 0.6 is 11.8 Å². The number of amidine groups is 1. The summed E-state index contributed by atoms with van der Waals surface area (Å²) < 4.78 is 84.5. The first-order valence-electron chi connectivity index (χ1n) is 14.2. The third-order valence-electron chi connectivity index (χ3n) is 6.87. The lowest BCUT2D eigenvalue weighted by Gasteiger charge is -2.22. The van der Waals surface area contributed by atoms with Crippen LogP contribution in [0.1, 0.15) is 47.8 Å². The van der Waals surface area contributed by atoms with Gasteiger partial charge in [0.15, 0.2) is 11.0 Å². The van der Waals surface area contributed by atoms with Gasteiger partial charge in [-0.15, -0.1) is 18.3 Å². The van der Waals surface area contributed by atoms with Crippen LogP contribution < -0.4 is 15.0 Å². The molecular weight excluding hydrogens is 662 g/mol. The zero-order valence-electron chi connectivity index (χ0n) is 25.4. The minimum atomic E-state index is -4.85. The largest absolute Gasteiger partial charge is 0.573 e. The summed E-state index contributed by atoms with van der Waals surface area (Å²) in [6.07, 6.45) is -5.74. The van der Waals surface area contributed by atoms with Gasteiger partial charge < -0.3 is 10.1 Å². The van der Waals surface area contributed by atoms with Gasteiger partial charge in [-0.05, 0) is 78.1 Å². The molecule has 3 amide bonds. The molecule has 3 aromatic carbocycles. The Hall–Kier alpha value is -5.12. The average Bonchev–Trinajstić information content (AvgIpc) is 3.61.